The minimum atomic E-state index is -4.42. The van der Waals surface area contributed by atoms with E-state index >= 15 is 0 Å². The lowest BCUT2D eigenvalue weighted by Gasteiger charge is -2.31. The predicted octanol–water partition coefficient (Wildman–Crippen LogP) is 2.75. The maximum absolute atomic E-state index is 12.8. The number of amides is 1. The van der Waals surface area contributed by atoms with Crippen LogP contribution in [0.3, 0.4) is 0 Å². The summed E-state index contributed by atoms with van der Waals surface area (Å²) in [7, 11) is 0. The van der Waals surface area contributed by atoms with Crippen LogP contribution >= 0.6 is 0 Å². The van der Waals surface area contributed by atoms with E-state index in [0.717, 1.165) is 18.7 Å². The van der Waals surface area contributed by atoms with Crippen molar-refractivity contribution >= 4 is 5.91 Å². The molecule has 0 fully saturated rings. The quantitative estimate of drug-likeness (QED) is 0.924. The van der Waals surface area contributed by atoms with E-state index in [1.54, 1.807) is 4.90 Å². The molecule has 0 radical (unpaired) electrons. The summed E-state index contributed by atoms with van der Waals surface area (Å²) in [5.41, 5.74) is 6.06. The smallest absolute Gasteiger partial charge is 0.338 e. The number of carbonyl (C=O) groups excluding carboxylic acids is 1. The number of hydrogen-bond acceptors (Lipinski definition) is 3. The fraction of sp³-hybridized carbons (Fsp3) is 0.625. The molecule has 1 aromatic heterocycles. The summed E-state index contributed by atoms with van der Waals surface area (Å²) in [6, 6.07) is 1.14. The number of nitrogens with two attached hydrogens (primary N) is 1. The maximum Gasteiger partial charge on any atom is 0.417 e. The first-order valence-corrected chi connectivity index (χ1v) is 7.78. The molecule has 1 aliphatic heterocycles. The van der Waals surface area contributed by atoms with Gasteiger partial charge in [-0.2, -0.15) is 13.2 Å². The Kier molecular flexibility index (Phi) is 5.29. The number of hydrogen-bond donors (Lipinski definition) is 1. The third-order valence-corrected chi connectivity index (χ3v) is 4.16. The average molecular weight is 329 g/mol. The molecule has 2 heterocycles. The lowest BCUT2D eigenvalue weighted by Crippen LogP contribution is -2.39. The molecule has 0 saturated heterocycles. The number of nitrogens with zero attached hydrogens (tertiary/aromatic N) is 2. The second-order valence-electron chi connectivity index (χ2n) is 6.29. The highest BCUT2D eigenvalue weighted by Crippen LogP contribution is 2.31. The number of aromatic nitrogens is 1. The first kappa shape index (κ1) is 17.7. The van der Waals surface area contributed by atoms with Gasteiger partial charge in [0.1, 0.15) is 0 Å². The van der Waals surface area contributed by atoms with Gasteiger partial charge in [-0.25, -0.2) is 0 Å². The predicted molar refractivity (Wildman–Crippen MR) is 80.4 cm³/mol. The second kappa shape index (κ2) is 6.86. The number of pyridine rings is 1. The van der Waals surface area contributed by atoms with Gasteiger partial charge < -0.3 is 10.6 Å². The summed E-state index contributed by atoms with van der Waals surface area (Å²) in [4.78, 5) is 18.0. The monoisotopic (exact) mass is 329 g/mol. The van der Waals surface area contributed by atoms with Crippen molar-refractivity contribution in [2.45, 2.75) is 51.9 Å². The molecule has 0 unspecified atom stereocenters. The third-order valence-electron chi connectivity index (χ3n) is 4.16. The van der Waals surface area contributed by atoms with Crippen molar-refractivity contribution < 1.29 is 18.0 Å². The molecule has 4 nitrogen and oxygen atoms in total. The summed E-state index contributed by atoms with van der Waals surface area (Å²) in [5.74, 6) is -0.213. The van der Waals surface area contributed by atoms with Gasteiger partial charge in [0.2, 0.25) is 5.91 Å². The highest BCUT2D eigenvalue weighted by molar-refractivity contribution is 5.78. The van der Waals surface area contributed by atoms with Gasteiger partial charge in [0.05, 0.1) is 5.56 Å². The van der Waals surface area contributed by atoms with Crippen molar-refractivity contribution in [1.29, 1.82) is 0 Å². The van der Waals surface area contributed by atoms with Gasteiger partial charge in [-0.3, -0.25) is 9.78 Å². The zero-order chi connectivity index (χ0) is 17.2. The van der Waals surface area contributed by atoms with Gasteiger partial charge >= 0.3 is 6.18 Å². The highest BCUT2D eigenvalue weighted by atomic mass is 19.4. The van der Waals surface area contributed by atoms with Gasteiger partial charge in [0, 0.05) is 43.4 Å². The molecule has 7 heteroatoms. The SMILES string of the molecule is C[C@H](N)CC[C@@H](C)C(=O)N1CCc2ncc(C(F)(F)F)cc2C1. The lowest BCUT2D eigenvalue weighted by molar-refractivity contribution is -0.137. The minimum Gasteiger partial charge on any atom is -0.338 e. The summed E-state index contributed by atoms with van der Waals surface area (Å²) in [6.45, 7) is 4.41. The van der Waals surface area contributed by atoms with Crippen molar-refractivity contribution in [3.05, 3.63) is 29.1 Å². The van der Waals surface area contributed by atoms with Crippen LogP contribution in [0.5, 0.6) is 0 Å². The number of alkyl halides is 3. The van der Waals surface area contributed by atoms with Crippen LogP contribution in [0.15, 0.2) is 12.3 Å². The Labute approximate surface area is 133 Å². The topological polar surface area (TPSA) is 59.2 Å². The van der Waals surface area contributed by atoms with E-state index < -0.39 is 11.7 Å². The van der Waals surface area contributed by atoms with E-state index in [4.69, 9.17) is 5.73 Å². The maximum atomic E-state index is 12.8. The molecule has 0 aromatic carbocycles. The summed E-state index contributed by atoms with van der Waals surface area (Å²) >= 11 is 0. The summed E-state index contributed by atoms with van der Waals surface area (Å²) in [5, 5.41) is 0. The zero-order valence-corrected chi connectivity index (χ0v) is 13.4. The van der Waals surface area contributed by atoms with Gasteiger partial charge in [-0.1, -0.05) is 6.92 Å². The molecule has 0 aliphatic carbocycles. The largest absolute Gasteiger partial charge is 0.417 e. The van der Waals surface area contributed by atoms with E-state index in [0.29, 0.717) is 30.6 Å². The van der Waals surface area contributed by atoms with Crippen molar-refractivity contribution in [3.8, 4) is 0 Å². The molecular formula is C16H22F3N3O. The summed E-state index contributed by atoms with van der Waals surface area (Å²) in [6.07, 6.45) is -1.64. The Morgan fingerprint density at radius 1 is 1.39 bits per heavy atom. The molecule has 2 atom stereocenters. The van der Waals surface area contributed by atoms with Crippen LogP contribution in [-0.4, -0.2) is 28.4 Å². The van der Waals surface area contributed by atoms with Crippen LogP contribution in [0.4, 0.5) is 13.2 Å². The molecule has 1 amide bonds. The van der Waals surface area contributed by atoms with Crippen LogP contribution in [0.1, 0.15) is 43.5 Å². The van der Waals surface area contributed by atoms with E-state index in [2.05, 4.69) is 4.98 Å². The Balaban J connectivity index is 2.08. The fourth-order valence-electron chi connectivity index (χ4n) is 2.72. The van der Waals surface area contributed by atoms with Gasteiger partial charge in [0.25, 0.3) is 0 Å². The number of carbonyl (C=O) groups is 1. The van der Waals surface area contributed by atoms with Gasteiger partial charge in [-0.05, 0) is 31.4 Å². The molecular weight excluding hydrogens is 307 g/mol. The molecule has 0 saturated carbocycles. The van der Waals surface area contributed by atoms with Crippen LogP contribution in [-0.2, 0) is 23.9 Å². The normalized spacial score (nSPS) is 17.6. The lowest BCUT2D eigenvalue weighted by atomic mass is 9.98. The third kappa shape index (κ3) is 4.43. The molecule has 0 bridgehead atoms. The molecule has 1 aromatic rings. The van der Waals surface area contributed by atoms with Crippen molar-refractivity contribution in [3.63, 3.8) is 0 Å². The Bertz CT molecular complexity index is 572. The summed E-state index contributed by atoms with van der Waals surface area (Å²) < 4.78 is 38.4. The van der Waals surface area contributed by atoms with E-state index in [-0.39, 0.29) is 24.4 Å². The number of fused-ring (bicyclic) bond motifs is 1. The first-order chi connectivity index (χ1) is 10.7. The standard InChI is InChI=1S/C16H22F3N3O/c1-10(3-4-11(2)20)15(23)22-6-5-14-12(9-22)7-13(8-21-14)16(17,18)19/h7-8,10-11H,3-6,9,20H2,1-2H3/t10-,11+/m1/s1. The van der Waals surface area contributed by atoms with Gasteiger partial charge in [-0.15, -0.1) is 0 Å². The van der Waals surface area contributed by atoms with Crippen molar-refractivity contribution in [1.82, 2.24) is 9.88 Å². The molecule has 1 aliphatic rings. The second-order valence-corrected chi connectivity index (χ2v) is 6.29. The number of halogens is 3. The zero-order valence-electron chi connectivity index (χ0n) is 13.4. The van der Waals surface area contributed by atoms with Gasteiger partial charge in [0.15, 0.2) is 0 Å². The Hall–Kier alpha value is -1.63. The van der Waals surface area contributed by atoms with Crippen LogP contribution < -0.4 is 5.73 Å². The van der Waals surface area contributed by atoms with E-state index in [1.807, 2.05) is 13.8 Å². The molecule has 2 rings (SSSR count). The van der Waals surface area contributed by atoms with Crippen LogP contribution in [0, 0.1) is 5.92 Å². The van der Waals surface area contributed by atoms with Crippen LogP contribution in [0.2, 0.25) is 0 Å². The fourth-order valence-corrected chi connectivity index (χ4v) is 2.72. The molecule has 0 spiro atoms. The molecule has 23 heavy (non-hydrogen) atoms. The van der Waals surface area contributed by atoms with Crippen molar-refractivity contribution in [2.75, 3.05) is 6.54 Å². The van der Waals surface area contributed by atoms with E-state index in [1.165, 1.54) is 0 Å². The van der Waals surface area contributed by atoms with Crippen LogP contribution in [0.25, 0.3) is 0 Å². The molecule has 2 N–H and O–H groups in total. The Morgan fingerprint density at radius 2 is 2.09 bits per heavy atom. The minimum absolute atomic E-state index is 0.0332. The average Bonchev–Trinajstić information content (AvgIpc) is 2.49. The molecule has 128 valence electrons. The number of rotatable bonds is 4. The van der Waals surface area contributed by atoms with E-state index in [9.17, 15) is 18.0 Å². The highest BCUT2D eigenvalue weighted by Gasteiger charge is 2.33. The Morgan fingerprint density at radius 3 is 2.70 bits per heavy atom. The first-order valence-electron chi connectivity index (χ1n) is 7.78. The van der Waals surface area contributed by atoms with Crippen molar-refractivity contribution in [2.24, 2.45) is 11.7 Å².